The van der Waals surface area contributed by atoms with Crippen LogP contribution < -0.4 is 5.32 Å². The molecule has 0 bridgehead atoms. The van der Waals surface area contributed by atoms with Crippen LogP contribution in [0.3, 0.4) is 0 Å². The van der Waals surface area contributed by atoms with Crippen molar-refractivity contribution in [1.29, 1.82) is 0 Å². The van der Waals surface area contributed by atoms with Crippen molar-refractivity contribution in [2.24, 2.45) is 17.8 Å². The van der Waals surface area contributed by atoms with Crippen LogP contribution in [0.4, 0.5) is 0 Å². The lowest BCUT2D eigenvalue weighted by molar-refractivity contribution is 0.227. The maximum absolute atomic E-state index is 3.78. The van der Waals surface area contributed by atoms with Crippen LogP contribution in [0.15, 0.2) is 0 Å². The van der Waals surface area contributed by atoms with Gasteiger partial charge in [0.1, 0.15) is 0 Å². The molecule has 2 aliphatic carbocycles. The molecule has 0 spiro atoms. The minimum absolute atomic E-state index is 0.823. The van der Waals surface area contributed by atoms with E-state index < -0.39 is 0 Å². The average molecular weight is 209 g/mol. The summed E-state index contributed by atoms with van der Waals surface area (Å²) >= 11 is 0. The molecule has 2 rings (SSSR count). The van der Waals surface area contributed by atoms with E-state index in [1.807, 2.05) is 0 Å². The van der Waals surface area contributed by atoms with Crippen LogP contribution in [0, 0.1) is 17.8 Å². The highest BCUT2D eigenvalue weighted by molar-refractivity contribution is 4.80. The molecule has 2 unspecified atom stereocenters. The lowest BCUT2D eigenvalue weighted by atomic mass is 9.80. The molecule has 1 N–H and O–H groups in total. The van der Waals surface area contributed by atoms with Gasteiger partial charge in [0.2, 0.25) is 0 Å². The maximum atomic E-state index is 3.78. The van der Waals surface area contributed by atoms with Crippen LogP contribution in [0.2, 0.25) is 0 Å². The highest BCUT2D eigenvalue weighted by atomic mass is 14.9. The van der Waals surface area contributed by atoms with Gasteiger partial charge < -0.3 is 5.32 Å². The van der Waals surface area contributed by atoms with Crippen molar-refractivity contribution in [3.8, 4) is 0 Å². The summed E-state index contributed by atoms with van der Waals surface area (Å²) in [7, 11) is 0. The first-order valence-electron chi connectivity index (χ1n) is 6.97. The molecule has 0 amide bonds. The number of nitrogens with one attached hydrogen (secondary N) is 1. The molecule has 0 heterocycles. The Morgan fingerprint density at radius 3 is 2.20 bits per heavy atom. The van der Waals surface area contributed by atoms with Crippen molar-refractivity contribution in [1.82, 2.24) is 5.32 Å². The minimum Gasteiger partial charge on any atom is -0.314 e. The molecule has 0 aliphatic heterocycles. The van der Waals surface area contributed by atoms with E-state index in [4.69, 9.17) is 0 Å². The Morgan fingerprint density at radius 2 is 1.67 bits per heavy atom. The lowest BCUT2D eigenvalue weighted by Crippen LogP contribution is -2.37. The molecule has 1 nitrogen and oxygen atoms in total. The van der Waals surface area contributed by atoms with E-state index in [1.54, 1.807) is 0 Å². The van der Waals surface area contributed by atoms with E-state index in [0.717, 1.165) is 23.8 Å². The molecule has 2 saturated carbocycles. The van der Waals surface area contributed by atoms with Crippen molar-refractivity contribution in [2.75, 3.05) is 6.54 Å². The van der Waals surface area contributed by atoms with Crippen molar-refractivity contribution in [3.63, 3.8) is 0 Å². The smallest absolute Gasteiger partial charge is 0.00721 e. The van der Waals surface area contributed by atoms with E-state index in [0.29, 0.717) is 0 Å². The second-order valence-corrected chi connectivity index (χ2v) is 6.15. The topological polar surface area (TPSA) is 12.0 Å². The van der Waals surface area contributed by atoms with E-state index in [1.165, 1.54) is 51.5 Å². The van der Waals surface area contributed by atoms with E-state index >= 15 is 0 Å². The van der Waals surface area contributed by atoms with Gasteiger partial charge in [-0.3, -0.25) is 0 Å². The Hall–Kier alpha value is -0.0400. The molecule has 15 heavy (non-hydrogen) atoms. The molecular weight excluding hydrogens is 182 g/mol. The zero-order valence-electron chi connectivity index (χ0n) is 10.5. The van der Waals surface area contributed by atoms with Crippen LogP contribution >= 0.6 is 0 Å². The van der Waals surface area contributed by atoms with E-state index in [2.05, 4.69) is 19.2 Å². The summed E-state index contributed by atoms with van der Waals surface area (Å²) in [5.74, 6) is 2.95. The average Bonchev–Trinajstić information content (AvgIpc) is 2.07. The molecule has 88 valence electrons. The Balaban J connectivity index is 1.60. The van der Waals surface area contributed by atoms with Gasteiger partial charge in [-0.25, -0.2) is 0 Å². The standard InChI is InChI=1S/C14H27N/c1-11-8-12(2)10-14(9-11)15-7-6-13-4-3-5-13/h11-15H,3-10H2,1-2H3. The predicted octanol–water partition coefficient (Wildman–Crippen LogP) is 3.59. The highest BCUT2D eigenvalue weighted by Crippen LogP contribution is 2.30. The van der Waals surface area contributed by atoms with Crippen LogP contribution in [0.5, 0.6) is 0 Å². The number of rotatable bonds is 4. The van der Waals surface area contributed by atoms with Crippen molar-refractivity contribution in [3.05, 3.63) is 0 Å². The normalized spacial score (nSPS) is 37.6. The Bertz CT molecular complexity index is 176. The van der Waals surface area contributed by atoms with Gasteiger partial charge in [0.15, 0.2) is 0 Å². The number of hydrogen-bond acceptors (Lipinski definition) is 1. The molecule has 1 heteroatoms. The van der Waals surface area contributed by atoms with Gasteiger partial charge in [0.25, 0.3) is 0 Å². The van der Waals surface area contributed by atoms with Gasteiger partial charge in [-0.1, -0.05) is 33.1 Å². The molecule has 2 aliphatic rings. The molecule has 0 saturated heterocycles. The van der Waals surface area contributed by atoms with Gasteiger partial charge in [0, 0.05) is 6.04 Å². The summed E-state index contributed by atoms with van der Waals surface area (Å²) in [6.07, 6.45) is 10.2. The Morgan fingerprint density at radius 1 is 1.00 bits per heavy atom. The highest BCUT2D eigenvalue weighted by Gasteiger charge is 2.24. The zero-order valence-corrected chi connectivity index (χ0v) is 10.5. The molecule has 0 radical (unpaired) electrons. The maximum Gasteiger partial charge on any atom is 0.00721 e. The first kappa shape index (κ1) is 11.4. The summed E-state index contributed by atoms with van der Waals surface area (Å²) in [6, 6.07) is 0.823. The first-order chi connectivity index (χ1) is 7.24. The SMILES string of the molecule is CC1CC(C)CC(NCCC2CCC2)C1. The molecule has 0 aromatic heterocycles. The van der Waals surface area contributed by atoms with Gasteiger partial charge in [0.05, 0.1) is 0 Å². The van der Waals surface area contributed by atoms with Crippen LogP contribution in [-0.2, 0) is 0 Å². The van der Waals surface area contributed by atoms with Crippen LogP contribution in [-0.4, -0.2) is 12.6 Å². The van der Waals surface area contributed by atoms with Crippen LogP contribution in [0.1, 0.15) is 58.8 Å². The van der Waals surface area contributed by atoms with Gasteiger partial charge in [-0.05, 0) is 50.0 Å². The van der Waals surface area contributed by atoms with Gasteiger partial charge >= 0.3 is 0 Å². The van der Waals surface area contributed by atoms with Crippen molar-refractivity contribution >= 4 is 0 Å². The largest absolute Gasteiger partial charge is 0.314 e. The molecular formula is C14H27N. The zero-order chi connectivity index (χ0) is 10.7. The molecule has 2 fully saturated rings. The lowest BCUT2D eigenvalue weighted by Gasteiger charge is -2.33. The monoisotopic (exact) mass is 209 g/mol. The second-order valence-electron chi connectivity index (χ2n) is 6.15. The molecule has 0 aromatic carbocycles. The van der Waals surface area contributed by atoms with Crippen molar-refractivity contribution < 1.29 is 0 Å². The fourth-order valence-electron chi connectivity index (χ4n) is 3.39. The Labute approximate surface area is 95.0 Å². The van der Waals surface area contributed by atoms with Crippen LogP contribution in [0.25, 0.3) is 0 Å². The number of hydrogen-bond donors (Lipinski definition) is 1. The third-order valence-corrected chi connectivity index (χ3v) is 4.39. The fraction of sp³-hybridized carbons (Fsp3) is 1.00. The summed E-state index contributed by atoms with van der Waals surface area (Å²) in [5.41, 5.74) is 0. The van der Waals surface area contributed by atoms with Gasteiger partial charge in [-0.2, -0.15) is 0 Å². The van der Waals surface area contributed by atoms with E-state index in [-0.39, 0.29) is 0 Å². The summed E-state index contributed by atoms with van der Waals surface area (Å²) in [5, 5.41) is 3.78. The summed E-state index contributed by atoms with van der Waals surface area (Å²) < 4.78 is 0. The van der Waals surface area contributed by atoms with E-state index in [9.17, 15) is 0 Å². The third kappa shape index (κ3) is 3.48. The second kappa shape index (κ2) is 5.34. The molecule has 0 aromatic rings. The minimum atomic E-state index is 0.823. The predicted molar refractivity (Wildman–Crippen MR) is 65.9 cm³/mol. The summed E-state index contributed by atoms with van der Waals surface area (Å²) in [4.78, 5) is 0. The Kier molecular flexibility index (Phi) is 4.07. The fourth-order valence-corrected chi connectivity index (χ4v) is 3.39. The summed E-state index contributed by atoms with van der Waals surface area (Å²) in [6.45, 7) is 6.10. The first-order valence-corrected chi connectivity index (χ1v) is 6.97. The van der Waals surface area contributed by atoms with Gasteiger partial charge in [-0.15, -0.1) is 0 Å². The molecule has 2 atom stereocenters. The quantitative estimate of drug-likeness (QED) is 0.746. The third-order valence-electron chi connectivity index (χ3n) is 4.39. The van der Waals surface area contributed by atoms with Crippen molar-refractivity contribution in [2.45, 2.75) is 64.8 Å².